The summed E-state index contributed by atoms with van der Waals surface area (Å²) >= 11 is 0. The summed E-state index contributed by atoms with van der Waals surface area (Å²) in [6.07, 6.45) is 1.87. The molecule has 128 valence electrons. The molecule has 4 rings (SSSR count). The van der Waals surface area contributed by atoms with Crippen LogP contribution < -0.4 is 4.74 Å². The molecule has 1 aliphatic rings. The van der Waals surface area contributed by atoms with Gasteiger partial charge in [0.1, 0.15) is 5.71 Å². The minimum Gasteiger partial charge on any atom is -0.493 e. The molecule has 4 nitrogen and oxygen atoms in total. The molecular formula is C21H21NO3. The number of furan rings is 1. The van der Waals surface area contributed by atoms with Gasteiger partial charge in [0.2, 0.25) is 0 Å². The molecule has 1 aliphatic carbocycles. The minimum absolute atomic E-state index is 0.117. The van der Waals surface area contributed by atoms with Crippen LogP contribution in [0.15, 0.2) is 64.2 Å². The van der Waals surface area contributed by atoms with Gasteiger partial charge in [-0.15, -0.1) is 0 Å². The van der Waals surface area contributed by atoms with Crippen molar-refractivity contribution in [3.8, 4) is 5.75 Å². The predicted octanol–water partition coefficient (Wildman–Crippen LogP) is 4.99. The lowest BCUT2D eigenvalue weighted by Crippen LogP contribution is -2.42. The van der Waals surface area contributed by atoms with Gasteiger partial charge in [0.05, 0.1) is 7.11 Å². The Morgan fingerprint density at radius 1 is 1.16 bits per heavy atom. The van der Waals surface area contributed by atoms with Gasteiger partial charge in [-0.3, -0.25) is 0 Å². The predicted molar refractivity (Wildman–Crippen MR) is 97.6 cm³/mol. The van der Waals surface area contributed by atoms with Crippen molar-refractivity contribution in [3.63, 3.8) is 0 Å². The number of benzene rings is 2. The summed E-state index contributed by atoms with van der Waals surface area (Å²) in [4.78, 5) is 0. The van der Waals surface area contributed by atoms with Gasteiger partial charge in [-0.2, -0.15) is 0 Å². The first-order valence-corrected chi connectivity index (χ1v) is 8.49. The zero-order chi connectivity index (χ0) is 17.4. The number of fused-ring (bicyclic) bond motifs is 1. The largest absolute Gasteiger partial charge is 0.493 e. The number of oxime groups is 1. The first kappa shape index (κ1) is 15.8. The summed E-state index contributed by atoms with van der Waals surface area (Å²) < 4.78 is 11.3. The number of rotatable bonds is 4. The van der Waals surface area contributed by atoms with Crippen molar-refractivity contribution >= 4 is 16.7 Å². The Labute approximate surface area is 146 Å². The number of hydrogen-bond donors (Lipinski definition) is 1. The van der Waals surface area contributed by atoms with Crippen LogP contribution in [0.5, 0.6) is 5.75 Å². The fourth-order valence-corrected chi connectivity index (χ4v) is 3.95. The quantitative estimate of drug-likeness (QED) is 0.415. The zero-order valence-electron chi connectivity index (χ0n) is 14.4. The van der Waals surface area contributed by atoms with Crippen molar-refractivity contribution in [2.75, 3.05) is 7.11 Å². The van der Waals surface area contributed by atoms with Crippen LogP contribution in [-0.2, 0) is 5.41 Å². The Morgan fingerprint density at radius 3 is 2.60 bits per heavy atom. The Morgan fingerprint density at radius 2 is 1.92 bits per heavy atom. The molecular weight excluding hydrogens is 314 g/mol. The van der Waals surface area contributed by atoms with Crippen LogP contribution in [0.3, 0.4) is 0 Å². The molecule has 0 unspecified atom stereocenters. The van der Waals surface area contributed by atoms with Gasteiger partial charge in [-0.05, 0) is 36.0 Å². The van der Waals surface area contributed by atoms with E-state index < -0.39 is 0 Å². The summed E-state index contributed by atoms with van der Waals surface area (Å²) in [7, 11) is 1.62. The number of hydrogen-bond acceptors (Lipinski definition) is 4. The van der Waals surface area contributed by atoms with E-state index in [1.807, 2.05) is 30.3 Å². The summed E-state index contributed by atoms with van der Waals surface area (Å²) in [5, 5.41) is 14.1. The maximum Gasteiger partial charge on any atom is 0.176 e. The highest BCUT2D eigenvalue weighted by molar-refractivity contribution is 6.03. The number of nitrogens with zero attached hydrogens (tertiary/aromatic N) is 1. The van der Waals surface area contributed by atoms with Gasteiger partial charge in [0, 0.05) is 11.3 Å². The first-order chi connectivity index (χ1) is 12.1. The maximum atomic E-state index is 9.60. The summed E-state index contributed by atoms with van der Waals surface area (Å²) in [5.74, 6) is 1.48. The van der Waals surface area contributed by atoms with Gasteiger partial charge in [0.25, 0.3) is 0 Å². The van der Waals surface area contributed by atoms with Gasteiger partial charge < -0.3 is 14.4 Å². The molecule has 0 atom stereocenters. The average molecular weight is 335 g/mol. The van der Waals surface area contributed by atoms with E-state index in [4.69, 9.17) is 9.15 Å². The van der Waals surface area contributed by atoms with E-state index in [1.54, 1.807) is 7.11 Å². The normalized spacial score (nSPS) is 23.4. The highest BCUT2D eigenvalue weighted by Crippen LogP contribution is 2.49. The molecule has 0 radical (unpaired) electrons. The lowest BCUT2D eigenvalue weighted by atomic mass is 9.58. The number of ether oxygens (including phenoxy) is 1. The van der Waals surface area contributed by atoms with E-state index in [-0.39, 0.29) is 11.3 Å². The second kappa shape index (κ2) is 5.96. The van der Waals surface area contributed by atoms with Crippen LogP contribution in [0.25, 0.3) is 11.0 Å². The summed E-state index contributed by atoms with van der Waals surface area (Å²) in [6.45, 7) is 2.26. The Hall–Kier alpha value is -2.75. The van der Waals surface area contributed by atoms with Crippen molar-refractivity contribution in [1.29, 1.82) is 0 Å². The molecule has 1 fully saturated rings. The molecule has 0 aliphatic heterocycles. The molecule has 0 spiro atoms. The molecule has 1 saturated carbocycles. The molecule has 0 saturated heterocycles. The van der Waals surface area contributed by atoms with E-state index >= 15 is 0 Å². The van der Waals surface area contributed by atoms with Crippen LogP contribution in [-0.4, -0.2) is 18.0 Å². The van der Waals surface area contributed by atoms with Gasteiger partial charge in [0.15, 0.2) is 17.1 Å². The second-order valence-electron chi connectivity index (χ2n) is 7.01. The van der Waals surface area contributed by atoms with Crippen molar-refractivity contribution in [2.24, 2.45) is 11.1 Å². The maximum absolute atomic E-state index is 9.60. The monoisotopic (exact) mass is 335 g/mol. The summed E-state index contributed by atoms with van der Waals surface area (Å²) in [5.41, 5.74) is 2.75. The van der Waals surface area contributed by atoms with E-state index in [0.717, 1.165) is 18.2 Å². The molecule has 4 heteroatoms. The molecule has 1 N–H and O–H groups in total. The first-order valence-electron chi connectivity index (χ1n) is 8.49. The number of methoxy groups -OCH3 is 1. The fraction of sp³-hybridized carbons (Fsp3) is 0.286. The van der Waals surface area contributed by atoms with Crippen LogP contribution in [0.2, 0.25) is 0 Å². The van der Waals surface area contributed by atoms with Gasteiger partial charge >= 0.3 is 0 Å². The second-order valence-corrected chi connectivity index (χ2v) is 7.01. The third-order valence-corrected chi connectivity index (χ3v) is 5.34. The van der Waals surface area contributed by atoms with E-state index in [0.29, 0.717) is 22.8 Å². The van der Waals surface area contributed by atoms with Crippen LogP contribution in [0.1, 0.15) is 31.1 Å². The molecule has 0 amide bonds. The smallest absolute Gasteiger partial charge is 0.176 e. The molecule has 1 aromatic heterocycles. The lowest BCUT2D eigenvalue weighted by Gasteiger charge is -2.45. The fourth-order valence-electron chi connectivity index (χ4n) is 3.95. The van der Waals surface area contributed by atoms with E-state index in [2.05, 4.69) is 36.3 Å². The zero-order valence-corrected chi connectivity index (χ0v) is 14.4. The molecule has 1 heterocycles. The highest BCUT2D eigenvalue weighted by Gasteiger charge is 2.45. The lowest BCUT2D eigenvalue weighted by molar-refractivity contribution is 0.209. The van der Waals surface area contributed by atoms with Crippen molar-refractivity contribution in [2.45, 2.75) is 25.2 Å². The molecule has 2 aromatic carbocycles. The average Bonchev–Trinajstić information content (AvgIpc) is 3.05. The van der Waals surface area contributed by atoms with Crippen LogP contribution in [0.4, 0.5) is 0 Å². The Kier molecular flexibility index (Phi) is 3.75. The van der Waals surface area contributed by atoms with Gasteiger partial charge in [-0.25, -0.2) is 0 Å². The standard InChI is InChI=1S/C21H21NO3/c1-21(16-8-4-3-5-9-16)12-15(13-21)19(22-23)18-11-14-7-6-10-17(24-2)20(14)25-18/h3-11,15,23H,12-13H2,1-2H3/b22-19-. The van der Waals surface area contributed by atoms with E-state index in [1.165, 1.54) is 5.56 Å². The molecule has 0 bridgehead atoms. The Balaban J connectivity index is 1.61. The molecule has 3 aromatic rings. The van der Waals surface area contributed by atoms with Gasteiger partial charge in [-0.1, -0.05) is 54.5 Å². The summed E-state index contributed by atoms with van der Waals surface area (Å²) in [6, 6.07) is 18.2. The van der Waals surface area contributed by atoms with Crippen molar-refractivity contribution < 1.29 is 14.4 Å². The van der Waals surface area contributed by atoms with Crippen LogP contribution >= 0.6 is 0 Å². The topological polar surface area (TPSA) is 55.0 Å². The van der Waals surface area contributed by atoms with Crippen LogP contribution in [0, 0.1) is 5.92 Å². The third kappa shape index (κ3) is 2.58. The highest BCUT2D eigenvalue weighted by atomic mass is 16.5. The minimum atomic E-state index is 0.117. The van der Waals surface area contributed by atoms with E-state index in [9.17, 15) is 5.21 Å². The molecule has 25 heavy (non-hydrogen) atoms. The van der Waals surface area contributed by atoms with Crippen molar-refractivity contribution in [1.82, 2.24) is 0 Å². The van der Waals surface area contributed by atoms with Crippen molar-refractivity contribution in [3.05, 3.63) is 65.9 Å². The Bertz CT molecular complexity index is 921. The third-order valence-electron chi connectivity index (χ3n) is 5.34. The number of para-hydroxylation sites is 1. The SMILES string of the molecule is COc1cccc2cc(/C(=N\O)C3CC(C)(c4ccccc4)C3)oc12.